The van der Waals surface area contributed by atoms with Gasteiger partial charge in [0.2, 0.25) is 5.91 Å². The van der Waals surface area contributed by atoms with Gasteiger partial charge < -0.3 is 10.2 Å². The molecule has 0 radical (unpaired) electrons. The molecule has 0 spiro atoms. The summed E-state index contributed by atoms with van der Waals surface area (Å²) in [4.78, 5) is 28.9. The summed E-state index contributed by atoms with van der Waals surface area (Å²) in [5, 5.41) is 4.22. The number of thiazole rings is 1. The molecule has 1 N–H and O–H groups in total. The first-order chi connectivity index (χ1) is 11.9. The molecule has 25 heavy (non-hydrogen) atoms. The maximum Gasteiger partial charge on any atom is 0.226 e. The molecule has 1 aliphatic rings. The second kappa shape index (κ2) is 7.07. The molecular weight excluding hydrogens is 334 g/mol. The number of aromatic nitrogens is 3. The van der Waals surface area contributed by atoms with Gasteiger partial charge in [-0.15, -0.1) is 11.3 Å². The van der Waals surface area contributed by atoms with Gasteiger partial charge in [-0.2, -0.15) is 0 Å². The van der Waals surface area contributed by atoms with Crippen LogP contribution < -0.4 is 10.2 Å². The Morgan fingerprint density at radius 1 is 1.40 bits per heavy atom. The van der Waals surface area contributed by atoms with Gasteiger partial charge in [0.25, 0.3) is 0 Å². The number of nitrogens with zero attached hydrogens (tertiary/aromatic N) is 4. The standard InChI is InChI=1S/C18H25N5OS/c1-5-14-8-16(20-11-19-14)23-7-6-18(4,10-23)22-17(24)9-15-12(2)25-13(3)21-15/h8,11H,5-7,9-10H2,1-4H3,(H,22,24). The van der Waals surface area contributed by atoms with E-state index in [9.17, 15) is 4.79 Å². The number of amides is 1. The SMILES string of the molecule is CCc1cc(N2CCC(C)(NC(=O)Cc3nc(C)sc3C)C2)ncn1. The summed E-state index contributed by atoms with van der Waals surface area (Å²) in [5.74, 6) is 0.977. The molecule has 2 aromatic heterocycles. The number of nitrogens with one attached hydrogen (secondary N) is 1. The summed E-state index contributed by atoms with van der Waals surface area (Å²) < 4.78 is 0. The van der Waals surface area contributed by atoms with Crippen LogP contribution in [0.3, 0.4) is 0 Å². The maximum absolute atomic E-state index is 12.5. The molecule has 1 aliphatic heterocycles. The predicted molar refractivity (Wildman–Crippen MR) is 100 cm³/mol. The van der Waals surface area contributed by atoms with Crippen LogP contribution in [0, 0.1) is 13.8 Å². The number of hydrogen-bond donors (Lipinski definition) is 1. The van der Waals surface area contributed by atoms with E-state index >= 15 is 0 Å². The minimum Gasteiger partial charge on any atom is -0.354 e. The van der Waals surface area contributed by atoms with Crippen LogP contribution >= 0.6 is 11.3 Å². The van der Waals surface area contributed by atoms with Crippen LogP contribution in [0.2, 0.25) is 0 Å². The summed E-state index contributed by atoms with van der Waals surface area (Å²) >= 11 is 1.64. The highest BCUT2D eigenvalue weighted by Gasteiger charge is 2.35. The summed E-state index contributed by atoms with van der Waals surface area (Å²) in [6, 6.07) is 2.04. The second-order valence-corrected chi connectivity index (χ2v) is 8.32. The van der Waals surface area contributed by atoms with E-state index in [1.165, 1.54) is 0 Å². The van der Waals surface area contributed by atoms with Gasteiger partial charge >= 0.3 is 0 Å². The monoisotopic (exact) mass is 359 g/mol. The summed E-state index contributed by atoms with van der Waals surface area (Å²) in [7, 11) is 0. The molecule has 6 nitrogen and oxygen atoms in total. The first-order valence-electron chi connectivity index (χ1n) is 8.68. The minimum atomic E-state index is -0.243. The van der Waals surface area contributed by atoms with Gasteiger partial charge in [-0.1, -0.05) is 6.92 Å². The number of hydrogen-bond acceptors (Lipinski definition) is 6. The number of carbonyl (C=O) groups is 1. The molecule has 1 amide bonds. The van der Waals surface area contributed by atoms with Crippen LogP contribution in [-0.2, 0) is 17.6 Å². The maximum atomic E-state index is 12.5. The molecule has 2 aromatic rings. The van der Waals surface area contributed by atoms with Crippen molar-refractivity contribution in [1.82, 2.24) is 20.3 Å². The zero-order chi connectivity index (χ0) is 18.0. The lowest BCUT2D eigenvalue weighted by molar-refractivity contribution is -0.122. The van der Waals surface area contributed by atoms with Crippen LogP contribution in [0.1, 0.15) is 41.5 Å². The van der Waals surface area contributed by atoms with Gasteiger partial charge in [0.1, 0.15) is 12.1 Å². The van der Waals surface area contributed by atoms with Crippen LogP contribution in [0.25, 0.3) is 0 Å². The Kier molecular flexibility index (Phi) is 5.03. The molecule has 1 fully saturated rings. The van der Waals surface area contributed by atoms with Crippen LogP contribution in [0.15, 0.2) is 12.4 Å². The lowest BCUT2D eigenvalue weighted by Gasteiger charge is -2.26. The van der Waals surface area contributed by atoms with Crippen molar-refractivity contribution in [1.29, 1.82) is 0 Å². The quantitative estimate of drug-likeness (QED) is 0.888. The van der Waals surface area contributed by atoms with Crippen molar-refractivity contribution >= 4 is 23.1 Å². The third-order valence-corrected chi connectivity index (χ3v) is 5.57. The predicted octanol–water partition coefficient (Wildman–Crippen LogP) is 2.44. The molecule has 1 saturated heterocycles. The van der Waals surface area contributed by atoms with E-state index in [0.29, 0.717) is 6.42 Å². The largest absolute Gasteiger partial charge is 0.354 e. The Hall–Kier alpha value is -2.02. The zero-order valence-corrected chi connectivity index (χ0v) is 16.1. The molecule has 1 unspecified atom stereocenters. The number of rotatable bonds is 5. The second-order valence-electron chi connectivity index (χ2n) is 6.91. The molecule has 0 bridgehead atoms. The Morgan fingerprint density at radius 2 is 2.20 bits per heavy atom. The van der Waals surface area contributed by atoms with E-state index in [4.69, 9.17) is 0 Å². The van der Waals surface area contributed by atoms with Gasteiger partial charge in [0.05, 0.1) is 22.7 Å². The van der Waals surface area contributed by atoms with E-state index in [0.717, 1.165) is 53.0 Å². The Labute approximate surface area is 152 Å². The van der Waals surface area contributed by atoms with E-state index in [2.05, 4.69) is 39.0 Å². The van der Waals surface area contributed by atoms with Gasteiger partial charge in [-0.3, -0.25) is 4.79 Å². The summed E-state index contributed by atoms with van der Waals surface area (Å²) in [5.41, 5.74) is 1.69. The molecule has 3 rings (SSSR count). The Morgan fingerprint density at radius 3 is 2.88 bits per heavy atom. The van der Waals surface area contributed by atoms with Crippen molar-refractivity contribution in [3.63, 3.8) is 0 Å². The average Bonchev–Trinajstić information content (AvgIpc) is 3.10. The topological polar surface area (TPSA) is 71.0 Å². The highest BCUT2D eigenvalue weighted by molar-refractivity contribution is 7.11. The highest BCUT2D eigenvalue weighted by atomic mass is 32.1. The fraction of sp³-hybridized carbons (Fsp3) is 0.556. The summed E-state index contributed by atoms with van der Waals surface area (Å²) in [6.07, 6.45) is 3.76. The Bertz CT molecular complexity index is 775. The third kappa shape index (κ3) is 4.15. The Balaban J connectivity index is 1.63. The van der Waals surface area contributed by atoms with E-state index in [1.54, 1.807) is 17.7 Å². The van der Waals surface area contributed by atoms with Crippen molar-refractivity contribution < 1.29 is 4.79 Å². The van der Waals surface area contributed by atoms with Crippen LogP contribution in [0.5, 0.6) is 0 Å². The van der Waals surface area contributed by atoms with Crippen molar-refractivity contribution in [3.8, 4) is 0 Å². The number of aryl methyl sites for hydroxylation is 3. The number of anilines is 1. The van der Waals surface area contributed by atoms with Crippen molar-refractivity contribution in [2.75, 3.05) is 18.0 Å². The van der Waals surface area contributed by atoms with Gasteiger partial charge in [-0.25, -0.2) is 15.0 Å². The van der Waals surface area contributed by atoms with Crippen molar-refractivity contribution in [2.24, 2.45) is 0 Å². The molecule has 0 aromatic carbocycles. The zero-order valence-electron chi connectivity index (χ0n) is 15.3. The fourth-order valence-corrected chi connectivity index (χ4v) is 4.11. The van der Waals surface area contributed by atoms with Crippen molar-refractivity contribution in [3.05, 3.63) is 33.7 Å². The fourth-order valence-electron chi connectivity index (χ4n) is 3.28. The smallest absolute Gasteiger partial charge is 0.226 e. The minimum absolute atomic E-state index is 0.0367. The molecule has 3 heterocycles. The van der Waals surface area contributed by atoms with Crippen molar-refractivity contribution in [2.45, 2.75) is 52.5 Å². The summed E-state index contributed by atoms with van der Waals surface area (Å²) in [6.45, 7) is 9.82. The third-order valence-electron chi connectivity index (χ3n) is 4.64. The van der Waals surface area contributed by atoms with Gasteiger partial charge in [0, 0.05) is 29.7 Å². The molecule has 0 saturated carbocycles. The first kappa shape index (κ1) is 17.8. The molecule has 7 heteroatoms. The highest BCUT2D eigenvalue weighted by Crippen LogP contribution is 2.26. The average molecular weight is 359 g/mol. The molecule has 0 aliphatic carbocycles. The van der Waals surface area contributed by atoms with Gasteiger partial charge in [-0.05, 0) is 33.6 Å². The molecule has 134 valence electrons. The lowest BCUT2D eigenvalue weighted by atomic mass is 10.0. The van der Waals surface area contributed by atoms with Gasteiger partial charge in [0.15, 0.2) is 0 Å². The lowest BCUT2D eigenvalue weighted by Crippen LogP contribution is -2.48. The normalized spacial score (nSPS) is 20.1. The van der Waals surface area contributed by atoms with E-state index in [-0.39, 0.29) is 11.4 Å². The first-order valence-corrected chi connectivity index (χ1v) is 9.50. The number of carbonyl (C=O) groups excluding carboxylic acids is 1. The molecule has 1 atom stereocenters. The van der Waals surface area contributed by atoms with Crippen LogP contribution in [0.4, 0.5) is 5.82 Å². The van der Waals surface area contributed by atoms with E-state index < -0.39 is 0 Å². The molecular formula is C18H25N5OS. The van der Waals surface area contributed by atoms with E-state index in [1.807, 2.05) is 19.9 Å². The van der Waals surface area contributed by atoms with Crippen LogP contribution in [-0.4, -0.2) is 39.5 Å².